The lowest BCUT2D eigenvalue weighted by Gasteiger charge is -2.09. The standard InChI is InChI=1S/C20H21F3N2O4/c1-28-17-8-6-16(7-9-17)19(27)25-11-18(26)24-10-14-2-4-15(5-3-14)12-29-13-20(21,22)23/h2-9H,10-13H2,1H3,(H,24,26)(H,25,27). The van der Waals surface area contributed by atoms with E-state index in [0.717, 1.165) is 5.56 Å². The quantitative estimate of drug-likeness (QED) is 0.667. The molecule has 0 bridgehead atoms. The largest absolute Gasteiger partial charge is 0.497 e. The van der Waals surface area contributed by atoms with Gasteiger partial charge in [-0.1, -0.05) is 24.3 Å². The van der Waals surface area contributed by atoms with Crippen molar-refractivity contribution in [2.24, 2.45) is 0 Å². The summed E-state index contributed by atoms with van der Waals surface area (Å²) in [6.45, 7) is -1.41. The van der Waals surface area contributed by atoms with E-state index in [0.29, 0.717) is 16.9 Å². The van der Waals surface area contributed by atoms with Crippen molar-refractivity contribution < 1.29 is 32.2 Å². The Morgan fingerprint density at radius 3 is 2.14 bits per heavy atom. The second kappa shape index (κ2) is 10.5. The van der Waals surface area contributed by atoms with E-state index in [9.17, 15) is 22.8 Å². The minimum Gasteiger partial charge on any atom is -0.497 e. The minimum absolute atomic E-state index is 0.149. The summed E-state index contributed by atoms with van der Waals surface area (Å²) in [4.78, 5) is 23.9. The van der Waals surface area contributed by atoms with Gasteiger partial charge in [0, 0.05) is 12.1 Å². The number of amides is 2. The van der Waals surface area contributed by atoms with E-state index in [-0.39, 0.29) is 31.5 Å². The van der Waals surface area contributed by atoms with Crippen LogP contribution >= 0.6 is 0 Å². The molecule has 0 spiro atoms. The number of carbonyl (C=O) groups excluding carboxylic acids is 2. The zero-order valence-corrected chi connectivity index (χ0v) is 15.7. The lowest BCUT2D eigenvalue weighted by Crippen LogP contribution is -2.36. The molecule has 156 valence electrons. The highest BCUT2D eigenvalue weighted by Crippen LogP contribution is 2.16. The average molecular weight is 410 g/mol. The Morgan fingerprint density at radius 1 is 0.931 bits per heavy atom. The molecule has 0 radical (unpaired) electrons. The Hall–Kier alpha value is -3.07. The number of alkyl halides is 3. The summed E-state index contributed by atoms with van der Waals surface area (Å²) in [5, 5.41) is 5.17. The minimum atomic E-state index is -4.35. The maximum absolute atomic E-state index is 12.0. The summed E-state index contributed by atoms with van der Waals surface area (Å²) in [7, 11) is 1.52. The number of hydrogen-bond donors (Lipinski definition) is 2. The van der Waals surface area contributed by atoms with Gasteiger partial charge >= 0.3 is 6.18 Å². The van der Waals surface area contributed by atoms with Gasteiger partial charge in [-0.2, -0.15) is 13.2 Å². The number of ether oxygens (including phenoxy) is 2. The number of carbonyl (C=O) groups is 2. The van der Waals surface area contributed by atoms with Gasteiger partial charge in [-0.25, -0.2) is 0 Å². The van der Waals surface area contributed by atoms with Crippen LogP contribution in [0.25, 0.3) is 0 Å². The van der Waals surface area contributed by atoms with Gasteiger partial charge in [0.1, 0.15) is 12.4 Å². The predicted molar refractivity (Wildman–Crippen MR) is 99.3 cm³/mol. The first-order chi connectivity index (χ1) is 13.8. The molecule has 6 nitrogen and oxygen atoms in total. The Bertz CT molecular complexity index is 806. The van der Waals surface area contributed by atoms with Crippen molar-refractivity contribution in [3.05, 3.63) is 65.2 Å². The highest BCUT2D eigenvalue weighted by Gasteiger charge is 2.27. The molecule has 2 aromatic carbocycles. The van der Waals surface area contributed by atoms with Crippen LogP contribution in [-0.4, -0.2) is 38.3 Å². The molecule has 2 N–H and O–H groups in total. The molecular weight excluding hydrogens is 389 g/mol. The molecule has 2 aromatic rings. The molecule has 0 heterocycles. The summed E-state index contributed by atoms with van der Waals surface area (Å²) in [5.74, 6) is -0.132. The number of hydrogen-bond acceptors (Lipinski definition) is 4. The summed E-state index contributed by atoms with van der Waals surface area (Å²) in [6.07, 6.45) is -4.35. The third-order valence-corrected chi connectivity index (χ3v) is 3.81. The molecule has 0 aromatic heterocycles. The van der Waals surface area contributed by atoms with Crippen LogP contribution in [0.3, 0.4) is 0 Å². The van der Waals surface area contributed by atoms with Crippen LogP contribution in [0.5, 0.6) is 5.75 Å². The van der Waals surface area contributed by atoms with Crippen LogP contribution < -0.4 is 15.4 Å². The molecule has 2 amide bonds. The van der Waals surface area contributed by atoms with E-state index < -0.39 is 12.8 Å². The van der Waals surface area contributed by atoms with Gasteiger partial charge in [0.15, 0.2) is 0 Å². The average Bonchev–Trinajstić information content (AvgIpc) is 2.70. The third-order valence-electron chi connectivity index (χ3n) is 3.81. The van der Waals surface area contributed by atoms with Crippen molar-refractivity contribution in [1.82, 2.24) is 10.6 Å². The molecule has 0 aliphatic carbocycles. The molecule has 0 fully saturated rings. The van der Waals surface area contributed by atoms with E-state index in [1.54, 1.807) is 48.5 Å². The molecule has 0 aliphatic heterocycles. The molecule has 0 unspecified atom stereocenters. The number of halogens is 3. The smallest absolute Gasteiger partial charge is 0.411 e. The monoisotopic (exact) mass is 410 g/mol. The van der Waals surface area contributed by atoms with Gasteiger partial charge in [-0.05, 0) is 35.4 Å². The van der Waals surface area contributed by atoms with Gasteiger partial charge in [0.2, 0.25) is 5.91 Å². The van der Waals surface area contributed by atoms with E-state index in [1.165, 1.54) is 7.11 Å². The van der Waals surface area contributed by atoms with Gasteiger partial charge in [0.05, 0.1) is 20.3 Å². The Morgan fingerprint density at radius 2 is 1.55 bits per heavy atom. The molecule has 9 heteroatoms. The molecule has 0 atom stereocenters. The van der Waals surface area contributed by atoms with Gasteiger partial charge < -0.3 is 20.1 Å². The van der Waals surface area contributed by atoms with E-state index in [2.05, 4.69) is 15.4 Å². The zero-order chi connectivity index (χ0) is 21.3. The zero-order valence-electron chi connectivity index (χ0n) is 15.7. The van der Waals surface area contributed by atoms with Crippen molar-refractivity contribution >= 4 is 11.8 Å². The van der Waals surface area contributed by atoms with Crippen molar-refractivity contribution in [3.63, 3.8) is 0 Å². The number of nitrogens with one attached hydrogen (secondary N) is 2. The maximum Gasteiger partial charge on any atom is 0.411 e. The second-order valence-electron chi connectivity index (χ2n) is 6.11. The summed E-state index contributed by atoms with van der Waals surface area (Å²) >= 11 is 0. The van der Waals surface area contributed by atoms with Crippen molar-refractivity contribution in [3.8, 4) is 5.75 Å². The summed E-state index contributed by atoms with van der Waals surface area (Å²) in [6, 6.07) is 13.1. The predicted octanol–water partition coefficient (Wildman–Crippen LogP) is 2.82. The third kappa shape index (κ3) is 8.22. The second-order valence-corrected chi connectivity index (χ2v) is 6.11. The fourth-order valence-corrected chi connectivity index (χ4v) is 2.31. The fraction of sp³-hybridized carbons (Fsp3) is 0.300. The first-order valence-corrected chi connectivity index (χ1v) is 8.68. The normalized spacial score (nSPS) is 11.0. The highest BCUT2D eigenvalue weighted by atomic mass is 19.4. The number of methoxy groups -OCH3 is 1. The lowest BCUT2D eigenvalue weighted by atomic mass is 10.1. The van der Waals surface area contributed by atoms with Crippen molar-refractivity contribution in [2.75, 3.05) is 20.3 Å². The van der Waals surface area contributed by atoms with Gasteiger partial charge in [-0.15, -0.1) is 0 Å². The maximum atomic E-state index is 12.0. The first kappa shape index (κ1) is 22.2. The van der Waals surface area contributed by atoms with Crippen LogP contribution in [0.1, 0.15) is 21.5 Å². The molecule has 0 saturated carbocycles. The highest BCUT2D eigenvalue weighted by molar-refractivity contribution is 5.96. The summed E-state index contributed by atoms with van der Waals surface area (Å²) < 4.78 is 45.7. The van der Waals surface area contributed by atoms with E-state index >= 15 is 0 Å². The number of rotatable bonds is 9. The molecular formula is C20H21F3N2O4. The fourth-order valence-electron chi connectivity index (χ4n) is 2.31. The van der Waals surface area contributed by atoms with Crippen LogP contribution in [0, 0.1) is 0 Å². The molecule has 0 saturated heterocycles. The van der Waals surface area contributed by atoms with Crippen LogP contribution in [-0.2, 0) is 22.7 Å². The molecule has 0 aliphatic rings. The summed E-state index contributed by atoms with van der Waals surface area (Å²) in [5.41, 5.74) is 1.76. The lowest BCUT2D eigenvalue weighted by molar-refractivity contribution is -0.176. The first-order valence-electron chi connectivity index (χ1n) is 8.68. The number of benzene rings is 2. The van der Waals surface area contributed by atoms with Crippen LogP contribution in [0.2, 0.25) is 0 Å². The topological polar surface area (TPSA) is 76.7 Å². The van der Waals surface area contributed by atoms with E-state index in [4.69, 9.17) is 4.74 Å². The van der Waals surface area contributed by atoms with Gasteiger partial charge in [-0.3, -0.25) is 9.59 Å². The SMILES string of the molecule is COc1ccc(C(=O)NCC(=O)NCc2ccc(COCC(F)(F)F)cc2)cc1. The van der Waals surface area contributed by atoms with Crippen LogP contribution in [0.4, 0.5) is 13.2 Å². The van der Waals surface area contributed by atoms with Crippen molar-refractivity contribution in [1.29, 1.82) is 0 Å². The Kier molecular flexibility index (Phi) is 8.02. The van der Waals surface area contributed by atoms with Gasteiger partial charge in [0.25, 0.3) is 5.91 Å². The van der Waals surface area contributed by atoms with E-state index in [1.807, 2.05) is 0 Å². The Labute approximate surface area is 166 Å². The van der Waals surface area contributed by atoms with Crippen LogP contribution in [0.15, 0.2) is 48.5 Å². The Balaban J connectivity index is 1.70. The van der Waals surface area contributed by atoms with Crippen molar-refractivity contribution in [2.45, 2.75) is 19.3 Å². The molecule has 2 rings (SSSR count). The molecule has 29 heavy (non-hydrogen) atoms.